The molecule has 0 radical (unpaired) electrons. The number of thiazole rings is 1. The van der Waals surface area contributed by atoms with E-state index in [2.05, 4.69) is 11.9 Å². The second-order valence-corrected chi connectivity index (χ2v) is 6.35. The van der Waals surface area contributed by atoms with E-state index >= 15 is 0 Å². The number of Topliss-reactive ketones (excluding diaryl/α,β-unsaturated/α-hetero) is 1. The van der Waals surface area contributed by atoms with E-state index < -0.39 is 0 Å². The zero-order valence-electron chi connectivity index (χ0n) is 10.7. The number of nitrogens with two attached hydrogens (primary N) is 1. The summed E-state index contributed by atoms with van der Waals surface area (Å²) in [7, 11) is 0. The average Bonchev–Trinajstić information content (AvgIpc) is 2.60. The van der Waals surface area contributed by atoms with Gasteiger partial charge in [0.25, 0.3) is 0 Å². The predicted molar refractivity (Wildman–Crippen MR) is 70.4 cm³/mol. The van der Waals surface area contributed by atoms with Crippen molar-refractivity contribution in [2.45, 2.75) is 52.0 Å². The van der Waals surface area contributed by atoms with Crippen LogP contribution in [0, 0.1) is 12.8 Å². The Labute approximate surface area is 106 Å². The lowest BCUT2D eigenvalue weighted by Gasteiger charge is -2.35. The first-order chi connectivity index (χ1) is 7.92. The van der Waals surface area contributed by atoms with Gasteiger partial charge in [0.2, 0.25) is 0 Å². The fraction of sp³-hybridized carbons (Fsp3) is 0.692. The minimum absolute atomic E-state index is 0.0960. The average molecular weight is 252 g/mol. The van der Waals surface area contributed by atoms with Crippen molar-refractivity contribution in [3.8, 4) is 0 Å². The molecular weight excluding hydrogens is 232 g/mol. The van der Waals surface area contributed by atoms with E-state index in [1.54, 1.807) is 6.92 Å². The predicted octanol–water partition coefficient (Wildman–Crippen LogP) is 3.02. The molecule has 0 saturated heterocycles. The molecule has 3 nitrogen and oxygen atoms in total. The molecule has 1 saturated carbocycles. The Kier molecular flexibility index (Phi) is 3.36. The van der Waals surface area contributed by atoms with Gasteiger partial charge in [0.15, 0.2) is 5.78 Å². The Morgan fingerprint density at radius 2 is 2.29 bits per heavy atom. The first kappa shape index (κ1) is 12.7. The van der Waals surface area contributed by atoms with Crippen molar-refractivity contribution < 1.29 is 4.79 Å². The highest BCUT2D eigenvalue weighted by atomic mass is 32.1. The molecule has 17 heavy (non-hydrogen) atoms. The number of aryl methyl sites for hydroxylation is 1. The summed E-state index contributed by atoms with van der Waals surface area (Å²) in [6, 6.07) is 0. The van der Waals surface area contributed by atoms with Gasteiger partial charge in [-0.1, -0.05) is 19.8 Å². The molecule has 0 amide bonds. The standard InChI is InChI=1S/C13H20N2OS/c1-8-5-4-6-13(14,7-8)12-15-9(2)11(17-12)10(3)16/h8H,4-7,14H2,1-3H3. The van der Waals surface area contributed by atoms with E-state index in [4.69, 9.17) is 5.73 Å². The topological polar surface area (TPSA) is 56.0 Å². The molecule has 0 aliphatic heterocycles. The van der Waals surface area contributed by atoms with Crippen LogP contribution in [0.1, 0.15) is 59.9 Å². The maximum absolute atomic E-state index is 11.5. The molecule has 2 atom stereocenters. The van der Waals surface area contributed by atoms with Gasteiger partial charge in [0.05, 0.1) is 16.1 Å². The summed E-state index contributed by atoms with van der Waals surface area (Å²) < 4.78 is 0. The molecule has 1 fully saturated rings. The Morgan fingerprint density at radius 1 is 1.59 bits per heavy atom. The molecule has 2 unspecified atom stereocenters. The van der Waals surface area contributed by atoms with Gasteiger partial charge in [-0.05, 0) is 25.7 Å². The second kappa shape index (κ2) is 4.50. The van der Waals surface area contributed by atoms with Crippen molar-refractivity contribution in [3.05, 3.63) is 15.6 Å². The van der Waals surface area contributed by atoms with E-state index in [1.165, 1.54) is 17.8 Å². The van der Waals surface area contributed by atoms with Crippen LogP contribution in [0.4, 0.5) is 0 Å². The van der Waals surface area contributed by atoms with Gasteiger partial charge >= 0.3 is 0 Å². The normalized spacial score (nSPS) is 29.3. The van der Waals surface area contributed by atoms with Crippen molar-refractivity contribution in [3.63, 3.8) is 0 Å². The van der Waals surface area contributed by atoms with Crippen LogP contribution in [0.3, 0.4) is 0 Å². The molecule has 1 heterocycles. The monoisotopic (exact) mass is 252 g/mol. The maximum atomic E-state index is 11.5. The Hall–Kier alpha value is -0.740. The van der Waals surface area contributed by atoms with Crippen LogP contribution in [0.25, 0.3) is 0 Å². The Bertz CT molecular complexity index is 441. The summed E-state index contributed by atoms with van der Waals surface area (Å²) in [5, 5.41) is 0.951. The summed E-state index contributed by atoms with van der Waals surface area (Å²) >= 11 is 1.49. The van der Waals surface area contributed by atoms with Gasteiger partial charge in [-0.3, -0.25) is 4.79 Å². The van der Waals surface area contributed by atoms with Gasteiger partial charge in [-0.25, -0.2) is 4.98 Å². The smallest absolute Gasteiger partial charge is 0.171 e. The molecule has 1 aromatic heterocycles. The fourth-order valence-electron chi connectivity index (χ4n) is 2.72. The highest BCUT2D eigenvalue weighted by molar-refractivity contribution is 7.14. The Morgan fingerprint density at radius 3 is 2.82 bits per heavy atom. The summed E-state index contributed by atoms with van der Waals surface area (Å²) in [5.41, 5.74) is 7.02. The number of hydrogen-bond donors (Lipinski definition) is 1. The minimum atomic E-state index is -0.305. The number of aromatic nitrogens is 1. The summed E-state index contributed by atoms with van der Waals surface area (Å²) in [5.74, 6) is 0.748. The van der Waals surface area contributed by atoms with E-state index in [0.29, 0.717) is 5.92 Å². The summed E-state index contributed by atoms with van der Waals surface area (Å²) in [6.45, 7) is 5.73. The zero-order valence-corrected chi connectivity index (χ0v) is 11.6. The lowest BCUT2D eigenvalue weighted by Crippen LogP contribution is -2.40. The van der Waals surface area contributed by atoms with Crippen LogP contribution in [0.15, 0.2) is 0 Å². The van der Waals surface area contributed by atoms with Crippen LogP contribution in [0.2, 0.25) is 0 Å². The first-order valence-electron chi connectivity index (χ1n) is 6.20. The quantitative estimate of drug-likeness (QED) is 0.823. The van der Waals surface area contributed by atoms with Crippen LogP contribution in [-0.4, -0.2) is 10.8 Å². The molecule has 0 aromatic carbocycles. The molecule has 0 spiro atoms. The van der Waals surface area contributed by atoms with Gasteiger partial charge in [0, 0.05) is 6.92 Å². The molecule has 0 bridgehead atoms. The number of carbonyl (C=O) groups is 1. The minimum Gasteiger partial charge on any atom is -0.319 e. The number of rotatable bonds is 2. The number of ketones is 1. The highest BCUT2D eigenvalue weighted by Crippen LogP contribution is 2.40. The third kappa shape index (κ3) is 2.43. The van der Waals surface area contributed by atoms with Crippen molar-refractivity contribution in [2.75, 3.05) is 0 Å². The maximum Gasteiger partial charge on any atom is 0.171 e. The molecule has 2 N–H and O–H groups in total. The molecule has 4 heteroatoms. The number of hydrogen-bond acceptors (Lipinski definition) is 4. The van der Waals surface area contributed by atoms with Gasteiger partial charge in [-0.15, -0.1) is 11.3 Å². The number of nitrogens with zero attached hydrogens (tertiary/aromatic N) is 1. The number of carbonyl (C=O) groups excluding carboxylic acids is 1. The van der Waals surface area contributed by atoms with Crippen molar-refractivity contribution in [1.82, 2.24) is 4.98 Å². The van der Waals surface area contributed by atoms with Crippen LogP contribution in [0.5, 0.6) is 0 Å². The molecule has 1 aliphatic rings. The van der Waals surface area contributed by atoms with Crippen LogP contribution >= 0.6 is 11.3 Å². The van der Waals surface area contributed by atoms with Gasteiger partial charge in [-0.2, -0.15) is 0 Å². The fourth-order valence-corrected chi connectivity index (χ4v) is 3.82. The van der Waals surface area contributed by atoms with Crippen molar-refractivity contribution in [1.29, 1.82) is 0 Å². The second-order valence-electron chi connectivity index (χ2n) is 5.35. The third-order valence-corrected chi connectivity index (χ3v) is 5.05. The molecule has 1 aliphatic carbocycles. The largest absolute Gasteiger partial charge is 0.319 e. The van der Waals surface area contributed by atoms with E-state index in [0.717, 1.165) is 34.8 Å². The Balaban J connectivity index is 2.33. The van der Waals surface area contributed by atoms with E-state index in [-0.39, 0.29) is 11.3 Å². The highest BCUT2D eigenvalue weighted by Gasteiger charge is 2.36. The van der Waals surface area contributed by atoms with Crippen molar-refractivity contribution in [2.24, 2.45) is 11.7 Å². The van der Waals surface area contributed by atoms with E-state index in [9.17, 15) is 4.79 Å². The van der Waals surface area contributed by atoms with Crippen molar-refractivity contribution >= 4 is 17.1 Å². The lowest BCUT2D eigenvalue weighted by molar-refractivity contribution is 0.102. The lowest BCUT2D eigenvalue weighted by atomic mass is 9.77. The van der Waals surface area contributed by atoms with Crippen LogP contribution < -0.4 is 5.73 Å². The summed E-state index contributed by atoms with van der Waals surface area (Å²) in [4.78, 5) is 16.8. The SMILES string of the molecule is CC(=O)c1sc(C2(N)CCCC(C)C2)nc1C. The molecule has 2 rings (SSSR count). The van der Waals surface area contributed by atoms with Gasteiger partial charge < -0.3 is 5.73 Å². The first-order valence-corrected chi connectivity index (χ1v) is 7.02. The summed E-state index contributed by atoms with van der Waals surface area (Å²) in [6.07, 6.45) is 4.38. The molecular formula is C13H20N2OS. The molecule has 94 valence electrons. The van der Waals surface area contributed by atoms with E-state index in [1.807, 2.05) is 6.92 Å². The van der Waals surface area contributed by atoms with Gasteiger partial charge in [0.1, 0.15) is 5.01 Å². The third-order valence-electron chi connectivity index (χ3n) is 3.57. The molecule has 1 aromatic rings. The zero-order chi connectivity index (χ0) is 12.6. The van der Waals surface area contributed by atoms with Crippen LogP contribution in [-0.2, 0) is 5.54 Å².